The van der Waals surface area contributed by atoms with Crippen molar-refractivity contribution in [3.8, 4) is 0 Å². The summed E-state index contributed by atoms with van der Waals surface area (Å²) in [6.07, 6.45) is 1.14. The number of nitrogens with zero attached hydrogens (tertiary/aromatic N) is 3. The number of rotatable bonds is 6. The molecule has 3 fully saturated rings. The number of carbonyl (C=O) groups is 2. The van der Waals surface area contributed by atoms with E-state index in [-0.39, 0.29) is 52.8 Å². The van der Waals surface area contributed by atoms with Crippen LogP contribution in [0.2, 0.25) is 0 Å². The molecule has 2 aromatic rings. The van der Waals surface area contributed by atoms with Crippen molar-refractivity contribution in [3.05, 3.63) is 42.6 Å². The third-order valence-electron chi connectivity index (χ3n) is 7.32. The van der Waals surface area contributed by atoms with Gasteiger partial charge < -0.3 is 20.6 Å². The van der Waals surface area contributed by atoms with Gasteiger partial charge in [0, 0.05) is 43.0 Å². The highest BCUT2D eigenvalue weighted by molar-refractivity contribution is 8.00. The molecule has 0 aliphatic carbocycles. The van der Waals surface area contributed by atoms with Crippen LogP contribution in [0.3, 0.4) is 0 Å². The summed E-state index contributed by atoms with van der Waals surface area (Å²) in [5.74, 6) is -0.0454. The van der Waals surface area contributed by atoms with Gasteiger partial charge in [0.25, 0.3) is 5.91 Å². The molecule has 4 heterocycles. The summed E-state index contributed by atoms with van der Waals surface area (Å²) in [4.78, 5) is 29.7. The molecule has 0 unspecified atom stereocenters. The first-order valence-electron chi connectivity index (χ1n) is 12.5. The van der Waals surface area contributed by atoms with Crippen molar-refractivity contribution in [1.82, 2.24) is 19.9 Å². The first-order valence-corrected chi connectivity index (χ1v) is 14.8. The van der Waals surface area contributed by atoms with Crippen LogP contribution in [0.1, 0.15) is 19.3 Å². The second kappa shape index (κ2) is 10.7. The summed E-state index contributed by atoms with van der Waals surface area (Å²) in [6.45, 7) is 0.977. The largest absolute Gasteiger partial charge is 0.446 e. The molecule has 216 valence electrons. The number of halogens is 3. The third kappa shape index (κ3) is 5.99. The second-order valence-corrected chi connectivity index (χ2v) is 12.9. The van der Waals surface area contributed by atoms with Crippen molar-refractivity contribution in [2.75, 3.05) is 36.4 Å². The Bertz CT molecular complexity index is 1370. The molecule has 4 N–H and O–H groups in total. The minimum absolute atomic E-state index is 0.0653. The highest BCUT2D eigenvalue weighted by Crippen LogP contribution is 2.36. The Morgan fingerprint density at radius 2 is 1.77 bits per heavy atom. The van der Waals surface area contributed by atoms with E-state index in [0.29, 0.717) is 25.9 Å². The first kappa shape index (κ1) is 28.4. The van der Waals surface area contributed by atoms with Gasteiger partial charge in [-0.3, -0.25) is 10.1 Å². The maximum atomic E-state index is 13.3. The minimum Gasteiger partial charge on any atom is -0.390 e. The molecule has 11 nitrogen and oxygen atoms in total. The Kier molecular flexibility index (Phi) is 7.62. The van der Waals surface area contributed by atoms with Crippen LogP contribution in [0.4, 0.5) is 29.5 Å². The van der Waals surface area contributed by atoms with Crippen LogP contribution in [-0.2, 0) is 14.8 Å². The van der Waals surface area contributed by atoms with Gasteiger partial charge in [0.15, 0.2) is 0 Å². The number of urea groups is 1. The van der Waals surface area contributed by atoms with Gasteiger partial charge in [-0.25, -0.2) is 18.2 Å². The number of nitrogens with one attached hydrogen (secondary N) is 3. The number of sulfonamides is 1. The van der Waals surface area contributed by atoms with Gasteiger partial charge >= 0.3 is 11.5 Å². The molecule has 1 spiro atoms. The van der Waals surface area contributed by atoms with Gasteiger partial charge in [0.2, 0.25) is 10.0 Å². The van der Waals surface area contributed by atoms with Crippen LogP contribution < -0.4 is 20.9 Å². The number of piperidine rings is 2. The molecule has 1 aromatic heterocycles. The predicted molar refractivity (Wildman–Crippen MR) is 140 cm³/mol. The summed E-state index contributed by atoms with van der Waals surface area (Å²) in [5, 5.41) is 18.6. The summed E-state index contributed by atoms with van der Waals surface area (Å²) >= 11 is -0.274. The fourth-order valence-corrected chi connectivity index (χ4v) is 7.13. The summed E-state index contributed by atoms with van der Waals surface area (Å²) in [6, 6.07) is 8.01. The average molecular weight is 601 g/mol. The van der Waals surface area contributed by atoms with Gasteiger partial charge in [0.1, 0.15) is 11.4 Å². The predicted octanol–water partition coefficient (Wildman–Crippen LogP) is 2.11. The number of aliphatic hydroxyl groups is 1. The zero-order valence-corrected chi connectivity index (χ0v) is 22.7. The lowest BCUT2D eigenvalue weighted by Crippen LogP contribution is -2.54. The molecule has 0 radical (unpaired) electrons. The lowest BCUT2D eigenvalue weighted by Gasteiger charge is -2.38. The molecule has 3 aliphatic rings. The molecule has 0 saturated carbocycles. The molecular formula is C24H27F3N6O5S2. The monoisotopic (exact) mass is 600 g/mol. The standard InChI is InChI=1S/C24H27F3N6O5S2/c25-24(26,27)39-16-3-6-20(28-13-16)29-18-7-10-33(14-19(18)34)40(37,38)17-4-1-15(2-5-17)32-11-8-23(9-12-32)21(35)30-22(36)31-23/h1-6,13,18-19,34H,7-12,14H2,(H,28,29)(H2,30,31,35,36)/t18-,19+/m1/s1. The molecule has 3 amide bonds. The fraction of sp³-hybridized carbons (Fsp3) is 0.458. The second-order valence-electron chi connectivity index (χ2n) is 9.87. The number of anilines is 2. The van der Waals surface area contributed by atoms with E-state index in [4.69, 9.17) is 0 Å². The van der Waals surface area contributed by atoms with E-state index in [1.165, 1.54) is 28.6 Å². The zero-order chi connectivity index (χ0) is 28.7. The molecule has 3 saturated heterocycles. The SMILES string of the molecule is O=C1NC(=O)C2(CCN(c3ccc(S(=O)(=O)N4CC[C@@H](Nc5ccc(SC(F)(F)F)cn5)[C@@H](O)C4)cc3)CC2)N1. The first-order chi connectivity index (χ1) is 18.8. The van der Waals surface area contributed by atoms with Crippen molar-refractivity contribution in [3.63, 3.8) is 0 Å². The number of β-amino-alcohol motifs (C(OH)–C–C–N with tert-alkyl or cyclic N) is 1. The van der Waals surface area contributed by atoms with Crippen LogP contribution >= 0.6 is 11.8 Å². The Morgan fingerprint density at radius 3 is 2.33 bits per heavy atom. The van der Waals surface area contributed by atoms with Gasteiger partial charge in [-0.15, -0.1) is 0 Å². The number of thioether (sulfide) groups is 1. The Hall–Kier alpha value is -3.08. The van der Waals surface area contributed by atoms with Crippen molar-refractivity contribution in [2.24, 2.45) is 0 Å². The van der Waals surface area contributed by atoms with E-state index in [2.05, 4.69) is 20.9 Å². The highest BCUT2D eigenvalue weighted by atomic mass is 32.2. The number of aliphatic hydroxyl groups excluding tert-OH is 1. The van der Waals surface area contributed by atoms with Gasteiger partial charge in [-0.2, -0.15) is 17.5 Å². The summed E-state index contributed by atoms with van der Waals surface area (Å²) in [7, 11) is -3.89. The maximum Gasteiger partial charge on any atom is 0.446 e. The summed E-state index contributed by atoms with van der Waals surface area (Å²) < 4.78 is 65.3. The molecule has 3 aliphatic heterocycles. The number of alkyl halides is 3. The number of pyridine rings is 1. The lowest BCUT2D eigenvalue weighted by atomic mass is 9.87. The molecule has 40 heavy (non-hydrogen) atoms. The summed E-state index contributed by atoms with van der Waals surface area (Å²) in [5.41, 5.74) is -4.53. The number of carbonyl (C=O) groups excluding carboxylic acids is 2. The molecular weight excluding hydrogens is 573 g/mol. The fourth-order valence-electron chi connectivity index (χ4n) is 5.14. The molecule has 5 rings (SSSR count). The quantitative estimate of drug-likeness (QED) is 0.290. The Balaban J connectivity index is 1.16. The number of imide groups is 1. The zero-order valence-electron chi connectivity index (χ0n) is 21.0. The van der Waals surface area contributed by atoms with Crippen LogP contribution in [0, 0.1) is 0 Å². The third-order valence-corrected chi connectivity index (χ3v) is 9.91. The molecule has 1 aromatic carbocycles. The van der Waals surface area contributed by atoms with Crippen LogP contribution in [0.25, 0.3) is 0 Å². The van der Waals surface area contributed by atoms with Gasteiger partial charge in [0.05, 0.1) is 17.0 Å². The number of hydrogen-bond acceptors (Lipinski definition) is 9. The van der Waals surface area contributed by atoms with Crippen LogP contribution in [-0.4, -0.2) is 84.1 Å². The van der Waals surface area contributed by atoms with E-state index in [9.17, 15) is 36.3 Å². The molecule has 16 heteroatoms. The maximum absolute atomic E-state index is 13.3. The van der Waals surface area contributed by atoms with Crippen molar-refractivity contribution in [2.45, 2.75) is 52.2 Å². The number of benzene rings is 1. The van der Waals surface area contributed by atoms with Crippen molar-refractivity contribution < 1.29 is 36.3 Å². The Labute approximate surface area is 232 Å². The normalized spacial score (nSPS) is 23.6. The van der Waals surface area contributed by atoms with E-state index in [1.54, 1.807) is 12.1 Å². The van der Waals surface area contributed by atoms with Gasteiger partial charge in [-0.1, -0.05) is 0 Å². The number of hydrogen-bond donors (Lipinski definition) is 4. The van der Waals surface area contributed by atoms with E-state index in [1.807, 2.05) is 4.90 Å². The molecule has 0 bridgehead atoms. The van der Waals surface area contributed by atoms with Crippen LogP contribution in [0.5, 0.6) is 0 Å². The van der Waals surface area contributed by atoms with E-state index < -0.39 is 39.2 Å². The van der Waals surface area contributed by atoms with E-state index in [0.717, 1.165) is 11.9 Å². The number of aromatic nitrogens is 1. The smallest absolute Gasteiger partial charge is 0.390 e. The van der Waals surface area contributed by atoms with E-state index >= 15 is 0 Å². The van der Waals surface area contributed by atoms with Crippen LogP contribution in [0.15, 0.2) is 52.4 Å². The van der Waals surface area contributed by atoms with Crippen molar-refractivity contribution >= 4 is 45.2 Å². The van der Waals surface area contributed by atoms with Crippen molar-refractivity contribution in [1.29, 1.82) is 0 Å². The lowest BCUT2D eigenvalue weighted by molar-refractivity contribution is -0.124. The topological polar surface area (TPSA) is 144 Å². The Morgan fingerprint density at radius 1 is 1.07 bits per heavy atom. The number of amides is 3. The van der Waals surface area contributed by atoms with Gasteiger partial charge in [-0.05, 0) is 67.4 Å². The highest BCUT2D eigenvalue weighted by Gasteiger charge is 2.48. The average Bonchev–Trinajstić information content (AvgIpc) is 3.17. The molecule has 2 atom stereocenters. The minimum atomic E-state index is -4.42.